The van der Waals surface area contributed by atoms with E-state index in [2.05, 4.69) is 24.5 Å². The van der Waals surface area contributed by atoms with Crippen molar-refractivity contribution in [2.24, 2.45) is 5.92 Å². The lowest BCUT2D eigenvalue weighted by Crippen LogP contribution is -2.32. The first kappa shape index (κ1) is 18.6. The van der Waals surface area contributed by atoms with Gasteiger partial charge in [-0.15, -0.1) is 0 Å². The number of hydrogen-bond donors (Lipinski definition) is 2. The molecule has 0 saturated heterocycles. The summed E-state index contributed by atoms with van der Waals surface area (Å²) < 4.78 is 10.6. The Kier molecular flexibility index (Phi) is 8.67. The van der Waals surface area contributed by atoms with Gasteiger partial charge in [0.25, 0.3) is 0 Å². The van der Waals surface area contributed by atoms with E-state index in [4.69, 9.17) is 21.7 Å². The second-order valence-corrected chi connectivity index (χ2v) is 5.73. The highest BCUT2D eigenvalue weighted by Gasteiger charge is 2.09. The fraction of sp³-hybridized carbons (Fsp3) is 0.588. The second-order valence-electron chi connectivity index (χ2n) is 5.32. The SMILES string of the molecule is CCCC[C@@H](CC)CNC(=S)Nc1cc(OC)ccc1OC. The van der Waals surface area contributed by atoms with E-state index in [1.54, 1.807) is 14.2 Å². The topological polar surface area (TPSA) is 42.5 Å². The molecule has 0 bridgehead atoms. The Morgan fingerprint density at radius 2 is 2.00 bits per heavy atom. The molecule has 0 aliphatic heterocycles. The summed E-state index contributed by atoms with van der Waals surface area (Å²) >= 11 is 5.38. The Balaban J connectivity index is 2.57. The summed E-state index contributed by atoms with van der Waals surface area (Å²) in [5, 5.41) is 7.10. The minimum Gasteiger partial charge on any atom is -0.497 e. The maximum absolute atomic E-state index is 5.38. The van der Waals surface area contributed by atoms with Crippen molar-refractivity contribution in [1.82, 2.24) is 5.32 Å². The summed E-state index contributed by atoms with van der Waals surface area (Å²) in [7, 11) is 3.28. The monoisotopic (exact) mass is 324 g/mol. The summed E-state index contributed by atoms with van der Waals surface area (Å²) in [6.45, 7) is 5.35. The molecule has 1 atom stereocenters. The van der Waals surface area contributed by atoms with E-state index in [0.29, 0.717) is 11.0 Å². The first-order valence-corrected chi connectivity index (χ1v) is 8.32. The molecule has 5 heteroatoms. The zero-order valence-corrected chi connectivity index (χ0v) is 14.9. The second kappa shape index (κ2) is 10.3. The Labute approximate surface area is 139 Å². The van der Waals surface area contributed by atoms with Crippen LogP contribution < -0.4 is 20.1 Å². The van der Waals surface area contributed by atoms with Crippen LogP contribution in [-0.4, -0.2) is 25.9 Å². The van der Waals surface area contributed by atoms with Gasteiger partial charge in [-0.2, -0.15) is 0 Å². The van der Waals surface area contributed by atoms with Gasteiger partial charge >= 0.3 is 0 Å². The van der Waals surface area contributed by atoms with Gasteiger partial charge in [0, 0.05) is 12.6 Å². The number of hydrogen-bond acceptors (Lipinski definition) is 3. The third kappa shape index (κ3) is 6.10. The van der Waals surface area contributed by atoms with Crippen molar-refractivity contribution >= 4 is 23.0 Å². The predicted molar refractivity (Wildman–Crippen MR) is 97.1 cm³/mol. The average molecular weight is 324 g/mol. The number of nitrogens with one attached hydrogen (secondary N) is 2. The van der Waals surface area contributed by atoms with Crippen LogP contribution in [0.2, 0.25) is 0 Å². The van der Waals surface area contributed by atoms with Gasteiger partial charge in [-0.05, 0) is 36.7 Å². The Bertz CT molecular complexity index is 466. The highest BCUT2D eigenvalue weighted by molar-refractivity contribution is 7.80. The third-order valence-corrected chi connectivity index (χ3v) is 4.00. The lowest BCUT2D eigenvalue weighted by atomic mass is 9.99. The molecule has 0 aliphatic rings. The van der Waals surface area contributed by atoms with Gasteiger partial charge in [-0.25, -0.2) is 0 Å². The molecular formula is C17H28N2O2S. The normalized spacial score (nSPS) is 11.6. The molecule has 1 rings (SSSR count). The van der Waals surface area contributed by atoms with E-state index in [1.807, 2.05) is 18.2 Å². The summed E-state index contributed by atoms with van der Waals surface area (Å²) in [6, 6.07) is 5.60. The van der Waals surface area contributed by atoms with Crippen molar-refractivity contribution in [3.05, 3.63) is 18.2 Å². The van der Waals surface area contributed by atoms with Crippen LogP contribution in [0.3, 0.4) is 0 Å². The van der Waals surface area contributed by atoms with Crippen LogP contribution >= 0.6 is 12.2 Å². The van der Waals surface area contributed by atoms with Crippen molar-refractivity contribution < 1.29 is 9.47 Å². The Hall–Kier alpha value is -1.49. The van der Waals surface area contributed by atoms with Crippen LogP contribution in [0, 0.1) is 5.92 Å². The van der Waals surface area contributed by atoms with Gasteiger partial charge in [0.1, 0.15) is 11.5 Å². The first-order valence-electron chi connectivity index (χ1n) is 7.91. The van der Waals surface area contributed by atoms with Gasteiger partial charge < -0.3 is 20.1 Å². The molecule has 22 heavy (non-hydrogen) atoms. The van der Waals surface area contributed by atoms with E-state index >= 15 is 0 Å². The van der Waals surface area contributed by atoms with Crippen LogP contribution in [0.5, 0.6) is 11.5 Å². The lowest BCUT2D eigenvalue weighted by molar-refractivity contribution is 0.405. The molecular weight excluding hydrogens is 296 g/mol. The predicted octanol–water partition coefficient (Wildman–Crippen LogP) is 4.21. The molecule has 124 valence electrons. The fourth-order valence-electron chi connectivity index (χ4n) is 2.26. The van der Waals surface area contributed by atoms with Crippen LogP contribution in [0.4, 0.5) is 5.69 Å². The highest BCUT2D eigenvalue weighted by atomic mass is 32.1. The quantitative estimate of drug-likeness (QED) is 0.666. The highest BCUT2D eigenvalue weighted by Crippen LogP contribution is 2.28. The van der Waals surface area contributed by atoms with Crippen molar-refractivity contribution in [2.45, 2.75) is 39.5 Å². The van der Waals surface area contributed by atoms with Crippen molar-refractivity contribution in [3.8, 4) is 11.5 Å². The first-order chi connectivity index (χ1) is 10.6. The number of rotatable bonds is 9. The van der Waals surface area contributed by atoms with E-state index in [-0.39, 0.29) is 0 Å². The minimum absolute atomic E-state index is 0.613. The van der Waals surface area contributed by atoms with E-state index in [0.717, 1.165) is 30.2 Å². The third-order valence-electron chi connectivity index (χ3n) is 3.75. The molecule has 1 aromatic carbocycles. The zero-order valence-electron chi connectivity index (χ0n) is 14.1. The Morgan fingerprint density at radius 1 is 1.23 bits per heavy atom. The van der Waals surface area contributed by atoms with Crippen molar-refractivity contribution in [2.75, 3.05) is 26.1 Å². The lowest BCUT2D eigenvalue weighted by Gasteiger charge is -2.18. The number of unbranched alkanes of at least 4 members (excludes halogenated alkanes) is 1. The molecule has 0 saturated carbocycles. The molecule has 0 spiro atoms. The minimum atomic E-state index is 0.613. The van der Waals surface area contributed by atoms with Gasteiger partial charge in [0.15, 0.2) is 5.11 Å². The van der Waals surface area contributed by atoms with Crippen molar-refractivity contribution in [3.63, 3.8) is 0 Å². The molecule has 1 aromatic rings. The van der Waals surface area contributed by atoms with Gasteiger partial charge in [0.05, 0.1) is 19.9 Å². The zero-order chi connectivity index (χ0) is 16.4. The largest absolute Gasteiger partial charge is 0.497 e. The van der Waals surface area contributed by atoms with Crippen molar-refractivity contribution in [1.29, 1.82) is 0 Å². The molecule has 0 radical (unpaired) electrons. The molecule has 0 unspecified atom stereocenters. The number of thiocarbonyl (C=S) groups is 1. The maximum Gasteiger partial charge on any atom is 0.170 e. The van der Waals surface area contributed by atoms with Crippen LogP contribution in [0.25, 0.3) is 0 Å². The molecule has 0 amide bonds. The number of methoxy groups -OCH3 is 2. The number of ether oxygens (including phenoxy) is 2. The van der Waals surface area contributed by atoms with E-state index in [9.17, 15) is 0 Å². The summed E-state index contributed by atoms with van der Waals surface area (Å²) in [5.41, 5.74) is 0.806. The van der Waals surface area contributed by atoms with Gasteiger partial charge in [-0.3, -0.25) is 0 Å². The summed E-state index contributed by atoms with van der Waals surface area (Å²) in [5.74, 6) is 2.16. The summed E-state index contributed by atoms with van der Waals surface area (Å²) in [4.78, 5) is 0. The average Bonchev–Trinajstić information content (AvgIpc) is 2.54. The molecule has 0 heterocycles. The smallest absolute Gasteiger partial charge is 0.170 e. The maximum atomic E-state index is 5.38. The van der Waals surface area contributed by atoms with E-state index in [1.165, 1.54) is 19.3 Å². The number of anilines is 1. The van der Waals surface area contributed by atoms with Gasteiger partial charge in [0.2, 0.25) is 0 Å². The summed E-state index contributed by atoms with van der Waals surface area (Å²) in [6.07, 6.45) is 4.91. The van der Waals surface area contributed by atoms with E-state index < -0.39 is 0 Å². The fourth-order valence-corrected chi connectivity index (χ4v) is 2.45. The number of benzene rings is 1. The molecule has 0 aliphatic carbocycles. The molecule has 0 fully saturated rings. The molecule has 2 N–H and O–H groups in total. The van der Waals surface area contributed by atoms with Crippen LogP contribution in [0.1, 0.15) is 39.5 Å². The Morgan fingerprint density at radius 3 is 2.59 bits per heavy atom. The standard InChI is InChI=1S/C17H28N2O2S/c1-5-7-8-13(6-2)12-18-17(22)19-15-11-14(20-3)9-10-16(15)21-4/h9-11,13H,5-8,12H2,1-4H3,(H2,18,19,22)/t13-/m1/s1. The van der Waals surface area contributed by atoms with Crippen LogP contribution in [-0.2, 0) is 0 Å². The van der Waals surface area contributed by atoms with Gasteiger partial charge in [-0.1, -0.05) is 33.1 Å². The van der Waals surface area contributed by atoms with Crippen LogP contribution in [0.15, 0.2) is 18.2 Å². The molecule has 4 nitrogen and oxygen atoms in total. The molecule has 0 aromatic heterocycles.